The van der Waals surface area contributed by atoms with E-state index in [2.05, 4.69) is 76.2 Å². The Balaban J connectivity index is 2.74. The third-order valence-electron chi connectivity index (χ3n) is 9.61. The molecule has 0 heterocycles. The second kappa shape index (κ2) is 3.66. The van der Waals surface area contributed by atoms with Crippen LogP contribution < -0.4 is 0 Å². The van der Waals surface area contributed by atoms with Gasteiger partial charge in [-0.3, -0.25) is 0 Å². The fraction of sp³-hybridized carbons (Fsp3) is 1.00. The summed E-state index contributed by atoms with van der Waals surface area (Å²) in [6.07, 6.45) is 2.83. The molecule has 2 aliphatic carbocycles. The minimum absolute atomic E-state index is 0.310. The number of hydrogen-bond acceptors (Lipinski definition) is 0. The first kappa shape index (κ1) is 16.4. The Morgan fingerprint density at radius 2 is 1.20 bits per heavy atom. The Kier molecular flexibility index (Phi) is 3.00. The van der Waals surface area contributed by atoms with Crippen LogP contribution in [0.2, 0.25) is 0 Å². The fourth-order valence-corrected chi connectivity index (χ4v) is 6.96. The zero-order chi connectivity index (χ0) is 16.0. The van der Waals surface area contributed by atoms with Gasteiger partial charge in [-0.15, -0.1) is 0 Å². The summed E-state index contributed by atoms with van der Waals surface area (Å²) in [7, 11) is 0. The summed E-state index contributed by atoms with van der Waals surface area (Å²) in [5.41, 5.74) is 2.28. The zero-order valence-electron chi connectivity index (χ0n) is 16.0. The minimum atomic E-state index is 0.310. The lowest BCUT2D eigenvalue weighted by Gasteiger charge is -2.65. The number of fused-ring (bicyclic) bond motifs is 2. The molecule has 3 atom stereocenters. The largest absolute Gasteiger partial charge is 0.0596 e. The summed E-state index contributed by atoms with van der Waals surface area (Å²) in [5, 5.41) is 0. The highest BCUT2D eigenvalue weighted by Crippen LogP contribution is 2.84. The molecule has 0 spiro atoms. The quantitative estimate of drug-likeness (QED) is 0.510. The van der Waals surface area contributed by atoms with Crippen LogP contribution in [0, 0.1) is 38.4 Å². The molecule has 0 aliphatic heterocycles. The van der Waals surface area contributed by atoms with Gasteiger partial charge < -0.3 is 0 Å². The Hall–Kier alpha value is 0. The molecular weight excluding hydrogens is 240 g/mol. The molecule has 118 valence electrons. The van der Waals surface area contributed by atoms with Crippen molar-refractivity contribution in [3.63, 3.8) is 0 Å². The average molecular weight is 279 g/mol. The van der Waals surface area contributed by atoms with Gasteiger partial charge in [0, 0.05) is 0 Å². The maximum atomic E-state index is 2.62. The monoisotopic (exact) mass is 278 g/mol. The lowest BCUT2D eigenvalue weighted by molar-refractivity contribution is -0.172. The second-order valence-electron chi connectivity index (χ2n) is 10.9. The summed E-state index contributed by atoms with van der Waals surface area (Å²) in [6.45, 7) is 27.9. The van der Waals surface area contributed by atoms with E-state index in [9.17, 15) is 0 Å². The van der Waals surface area contributed by atoms with E-state index in [1.54, 1.807) is 0 Å². The molecule has 1 unspecified atom stereocenters. The van der Waals surface area contributed by atoms with Gasteiger partial charge in [0.15, 0.2) is 0 Å². The molecule has 0 nitrogen and oxygen atoms in total. The van der Waals surface area contributed by atoms with E-state index in [4.69, 9.17) is 0 Å². The van der Waals surface area contributed by atoms with Gasteiger partial charge in [0.25, 0.3) is 0 Å². The molecule has 0 saturated heterocycles. The summed E-state index contributed by atoms with van der Waals surface area (Å²) in [5.74, 6) is 0.853. The molecule has 20 heavy (non-hydrogen) atoms. The summed E-state index contributed by atoms with van der Waals surface area (Å²) < 4.78 is 0. The van der Waals surface area contributed by atoms with E-state index in [1.807, 2.05) is 0 Å². The highest BCUT2D eigenvalue weighted by atomic mass is 14.8. The first-order chi connectivity index (χ1) is 8.59. The van der Waals surface area contributed by atoms with Crippen LogP contribution in [-0.4, -0.2) is 0 Å². The lowest BCUT2D eigenvalue weighted by Crippen LogP contribution is -2.59. The van der Waals surface area contributed by atoms with E-state index in [1.165, 1.54) is 12.8 Å². The van der Waals surface area contributed by atoms with Gasteiger partial charge in [0.2, 0.25) is 0 Å². The molecule has 2 bridgehead atoms. The van der Waals surface area contributed by atoms with Crippen LogP contribution in [0.25, 0.3) is 0 Å². The van der Waals surface area contributed by atoms with Crippen molar-refractivity contribution in [3.8, 4) is 0 Å². The van der Waals surface area contributed by atoms with Crippen LogP contribution in [0.3, 0.4) is 0 Å². The SMILES string of the molecule is CC(C)(C)C(C)(C)C1(C)C(C)(C)[C@H]2CC[C@@]1(C)C2(C)C. The topological polar surface area (TPSA) is 0 Å². The number of hydrogen-bond donors (Lipinski definition) is 0. The zero-order valence-corrected chi connectivity index (χ0v) is 16.0. The van der Waals surface area contributed by atoms with Gasteiger partial charge in [-0.05, 0) is 51.2 Å². The molecule has 0 aromatic heterocycles. The molecule has 2 rings (SSSR count). The van der Waals surface area contributed by atoms with Gasteiger partial charge in [-0.2, -0.15) is 0 Å². The van der Waals surface area contributed by atoms with Crippen molar-refractivity contribution >= 4 is 0 Å². The Morgan fingerprint density at radius 1 is 0.750 bits per heavy atom. The predicted octanol–water partition coefficient (Wildman–Crippen LogP) is 6.55. The highest BCUT2D eigenvalue weighted by Gasteiger charge is 2.78. The van der Waals surface area contributed by atoms with Crippen molar-refractivity contribution in [2.24, 2.45) is 38.4 Å². The second-order valence-corrected chi connectivity index (χ2v) is 10.9. The maximum Gasteiger partial charge on any atom is -0.0156 e. The standard InChI is InChI=1S/C20H38/c1-15(2,3)18(8,9)20(11)17(6,7)14-12-13-19(20,10)16(14,4)5/h14H,12-13H2,1-11H3/t14-,19-,20?/m0/s1. The number of rotatable bonds is 1. The first-order valence-electron chi connectivity index (χ1n) is 8.59. The van der Waals surface area contributed by atoms with Crippen LogP contribution in [0.5, 0.6) is 0 Å². The van der Waals surface area contributed by atoms with Crippen molar-refractivity contribution in [1.82, 2.24) is 0 Å². The average Bonchev–Trinajstić information content (AvgIpc) is 2.51. The summed E-state index contributed by atoms with van der Waals surface area (Å²) in [6, 6.07) is 0. The maximum absolute atomic E-state index is 2.62. The third kappa shape index (κ3) is 1.31. The molecule has 0 heteroatoms. The van der Waals surface area contributed by atoms with E-state index < -0.39 is 0 Å². The molecule has 2 aliphatic rings. The van der Waals surface area contributed by atoms with Crippen LogP contribution in [0.1, 0.15) is 89.0 Å². The molecular formula is C20H38. The molecule has 0 aromatic rings. The van der Waals surface area contributed by atoms with Gasteiger partial charge in [0.05, 0.1) is 0 Å². The van der Waals surface area contributed by atoms with Gasteiger partial charge in [0.1, 0.15) is 0 Å². The molecule has 0 aromatic carbocycles. The van der Waals surface area contributed by atoms with Crippen molar-refractivity contribution in [2.75, 3.05) is 0 Å². The predicted molar refractivity (Wildman–Crippen MR) is 89.7 cm³/mol. The molecule has 0 amide bonds. The minimum Gasteiger partial charge on any atom is -0.0596 e. The van der Waals surface area contributed by atoms with Crippen LogP contribution >= 0.6 is 0 Å². The molecule has 0 N–H and O–H groups in total. The fourth-order valence-electron chi connectivity index (χ4n) is 6.96. The van der Waals surface area contributed by atoms with Crippen molar-refractivity contribution < 1.29 is 0 Å². The Bertz CT molecular complexity index is 418. The van der Waals surface area contributed by atoms with E-state index in [0.717, 1.165) is 5.92 Å². The lowest BCUT2D eigenvalue weighted by atomic mass is 9.39. The van der Waals surface area contributed by atoms with Crippen molar-refractivity contribution in [3.05, 3.63) is 0 Å². The molecule has 2 saturated carbocycles. The smallest absolute Gasteiger partial charge is 0.0156 e. The van der Waals surface area contributed by atoms with E-state index >= 15 is 0 Å². The van der Waals surface area contributed by atoms with Crippen LogP contribution in [0.15, 0.2) is 0 Å². The summed E-state index contributed by atoms with van der Waals surface area (Å²) >= 11 is 0. The first-order valence-corrected chi connectivity index (χ1v) is 8.59. The van der Waals surface area contributed by atoms with Crippen LogP contribution in [-0.2, 0) is 0 Å². The Labute approximate surface area is 128 Å². The van der Waals surface area contributed by atoms with E-state index in [-0.39, 0.29) is 0 Å². The summed E-state index contributed by atoms with van der Waals surface area (Å²) in [4.78, 5) is 0. The van der Waals surface area contributed by atoms with Crippen LogP contribution in [0.4, 0.5) is 0 Å². The highest BCUT2D eigenvalue weighted by molar-refractivity contribution is 5.26. The van der Waals surface area contributed by atoms with Gasteiger partial charge >= 0.3 is 0 Å². The van der Waals surface area contributed by atoms with Crippen molar-refractivity contribution in [1.29, 1.82) is 0 Å². The van der Waals surface area contributed by atoms with Gasteiger partial charge in [-0.1, -0.05) is 76.2 Å². The molecule has 0 radical (unpaired) electrons. The van der Waals surface area contributed by atoms with Gasteiger partial charge in [-0.25, -0.2) is 0 Å². The normalized spacial score (nSPS) is 43.0. The molecule has 2 fully saturated rings. The van der Waals surface area contributed by atoms with E-state index in [0.29, 0.717) is 32.5 Å². The van der Waals surface area contributed by atoms with Crippen molar-refractivity contribution in [2.45, 2.75) is 89.0 Å². The Morgan fingerprint density at radius 3 is 1.50 bits per heavy atom. The third-order valence-corrected chi connectivity index (χ3v) is 9.61.